The first-order chi connectivity index (χ1) is 12.5. The smallest absolute Gasteiger partial charge is 0.225 e. The Labute approximate surface area is 182 Å². The molecule has 0 spiro atoms. The number of hydrogen-bond acceptors (Lipinski definition) is 3. The molecule has 2 N–H and O–H groups in total. The summed E-state index contributed by atoms with van der Waals surface area (Å²) in [5, 5.41) is 6.87. The maximum Gasteiger partial charge on any atom is 0.225 e. The van der Waals surface area contributed by atoms with E-state index in [-0.39, 0.29) is 36.0 Å². The van der Waals surface area contributed by atoms with Crippen LogP contribution in [-0.2, 0) is 9.53 Å². The minimum absolute atomic E-state index is 0. The maximum absolute atomic E-state index is 12.6. The van der Waals surface area contributed by atoms with E-state index in [9.17, 15) is 4.79 Å². The van der Waals surface area contributed by atoms with Gasteiger partial charge in [-0.2, -0.15) is 0 Å². The van der Waals surface area contributed by atoms with Crippen LogP contribution >= 0.6 is 24.0 Å². The minimum atomic E-state index is 0. The van der Waals surface area contributed by atoms with Crippen LogP contribution < -0.4 is 10.6 Å². The fraction of sp³-hybridized carbons (Fsp3) is 0.900. The molecule has 2 fully saturated rings. The highest BCUT2D eigenvalue weighted by atomic mass is 127. The van der Waals surface area contributed by atoms with Gasteiger partial charge in [0.05, 0.1) is 6.10 Å². The van der Waals surface area contributed by atoms with Gasteiger partial charge in [-0.15, -0.1) is 24.0 Å². The quantitative estimate of drug-likeness (QED) is 0.310. The van der Waals surface area contributed by atoms with Gasteiger partial charge in [-0.25, -0.2) is 0 Å². The number of guanidine groups is 1. The third-order valence-electron chi connectivity index (χ3n) is 5.61. The zero-order valence-corrected chi connectivity index (χ0v) is 19.8. The number of amides is 1. The van der Waals surface area contributed by atoms with E-state index in [1.54, 1.807) is 7.05 Å². The molecule has 0 radical (unpaired) electrons. The van der Waals surface area contributed by atoms with Crippen LogP contribution in [0.15, 0.2) is 4.99 Å². The molecule has 27 heavy (non-hydrogen) atoms. The van der Waals surface area contributed by atoms with Gasteiger partial charge < -0.3 is 20.3 Å². The molecular formula is C20H39IN4O2. The number of likely N-dealkylation sites (tertiary alicyclic amines) is 1. The van der Waals surface area contributed by atoms with Gasteiger partial charge in [0.25, 0.3) is 0 Å². The van der Waals surface area contributed by atoms with Crippen molar-refractivity contribution in [2.75, 3.05) is 33.3 Å². The number of halogens is 1. The van der Waals surface area contributed by atoms with Crippen LogP contribution in [0.1, 0.15) is 59.3 Å². The van der Waals surface area contributed by atoms with Crippen molar-refractivity contribution >= 4 is 35.8 Å². The van der Waals surface area contributed by atoms with Crippen molar-refractivity contribution < 1.29 is 9.53 Å². The van der Waals surface area contributed by atoms with E-state index in [0.29, 0.717) is 17.9 Å². The predicted octanol–water partition coefficient (Wildman–Crippen LogP) is 3.01. The molecule has 0 bridgehead atoms. The third-order valence-corrected chi connectivity index (χ3v) is 5.61. The van der Waals surface area contributed by atoms with Gasteiger partial charge in [0, 0.05) is 45.2 Å². The zero-order chi connectivity index (χ0) is 18.9. The predicted molar refractivity (Wildman–Crippen MR) is 122 cm³/mol. The zero-order valence-electron chi connectivity index (χ0n) is 17.5. The van der Waals surface area contributed by atoms with E-state index >= 15 is 0 Å². The molecule has 2 unspecified atom stereocenters. The van der Waals surface area contributed by atoms with Crippen LogP contribution in [0.5, 0.6) is 0 Å². The van der Waals surface area contributed by atoms with E-state index in [2.05, 4.69) is 29.5 Å². The normalized spacial score (nSPS) is 22.0. The van der Waals surface area contributed by atoms with Crippen molar-refractivity contribution in [2.45, 2.75) is 71.4 Å². The van der Waals surface area contributed by atoms with Crippen LogP contribution in [0, 0.1) is 11.8 Å². The molecule has 158 valence electrons. The number of aliphatic imine (C=N–C) groups is 1. The molecule has 1 saturated heterocycles. The molecular weight excluding hydrogens is 455 g/mol. The fourth-order valence-electron chi connectivity index (χ4n) is 4.05. The largest absolute Gasteiger partial charge is 0.378 e. The molecule has 1 aliphatic carbocycles. The van der Waals surface area contributed by atoms with Crippen LogP contribution in [0.25, 0.3) is 0 Å². The van der Waals surface area contributed by atoms with Crippen molar-refractivity contribution in [3.8, 4) is 0 Å². The molecule has 1 amide bonds. The van der Waals surface area contributed by atoms with Crippen molar-refractivity contribution in [1.29, 1.82) is 0 Å². The topological polar surface area (TPSA) is 66.0 Å². The van der Waals surface area contributed by atoms with E-state index in [4.69, 9.17) is 4.74 Å². The number of nitrogens with zero attached hydrogens (tertiary/aromatic N) is 2. The summed E-state index contributed by atoms with van der Waals surface area (Å²) in [6, 6.07) is 0.291. The van der Waals surface area contributed by atoms with E-state index in [1.807, 2.05) is 11.8 Å². The van der Waals surface area contributed by atoms with E-state index < -0.39 is 0 Å². The Bertz CT molecular complexity index is 467. The number of carbonyl (C=O) groups is 1. The number of nitrogens with one attached hydrogen (secondary N) is 2. The summed E-state index contributed by atoms with van der Waals surface area (Å²) in [4.78, 5) is 18.9. The van der Waals surface area contributed by atoms with Crippen LogP contribution in [-0.4, -0.2) is 62.2 Å². The Morgan fingerprint density at radius 2 is 1.96 bits per heavy atom. The molecule has 6 nitrogen and oxygen atoms in total. The van der Waals surface area contributed by atoms with Gasteiger partial charge in [0.2, 0.25) is 5.91 Å². The summed E-state index contributed by atoms with van der Waals surface area (Å²) in [6.45, 7) is 9.68. The molecule has 0 aromatic heterocycles. The van der Waals surface area contributed by atoms with Gasteiger partial charge in [0.15, 0.2) is 5.96 Å². The molecule has 0 aromatic carbocycles. The van der Waals surface area contributed by atoms with Crippen LogP contribution in [0.2, 0.25) is 0 Å². The SMILES string of the molecule is CCOC(CCNC(=NC)NC1CCN(C(=O)C2CCCC2)C1)C(C)C.I. The third kappa shape index (κ3) is 7.75. The molecule has 1 aliphatic heterocycles. The Morgan fingerprint density at radius 3 is 2.56 bits per heavy atom. The molecule has 1 saturated carbocycles. The number of rotatable bonds is 8. The van der Waals surface area contributed by atoms with Gasteiger partial charge in [-0.3, -0.25) is 9.79 Å². The second-order valence-electron chi connectivity index (χ2n) is 7.92. The van der Waals surface area contributed by atoms with Gasteiger partial charge in [0.1, 0.15) is 0 Å². The first-order valence-corrected chi connectivity index (χ1v) is 10.4. The van der Waals surface area contributed by atoms with Crippen molar-refractivity contribution in [3.05, 3.63) is 0 Å². The second-order valence-corrected chi connectivity index (χ2v) is 7.92. The first-order valence-electron chi connectivity index (χ1n) is 10.4. The average molecular weight is 494 g/mol. The van der Waals surface area contributed by atoms with Gasteiger partial charge in [-0.05, 0) is 38.5 Å². The monoisotopic (exact) mass is 494 g/mol. The Morgan fingerprint density at radius 1 is 1.26 bits per heavy atom. The lowest BCUT2D eigenvalue weighted by molar-refractivity contribution is -0.134. The highest BCUT2D eigenvalue weighted by Gasteiger charge is 2.32. The molecule has 1 heterocycles. The number of carbonyl (C=O) groups excluding carboxylic acids is 1. The Hall–Kier alpha value is -0.570. The van der Waals surface area contributed by atoms with Crippen molar-refractivity contribution in [1.82, 2.24) is 15.5 Å². The van der Waals surface area contributed by atoms with Gasteiger partial charge in [-0.1, -0.05) is 26.7 Å². The number of hydrogen-bond donors (Lipinski definition) is 2. The number of ether oxygens (including phenoxy) is 1. The Balaban J connectivity index is 0.00000364. The lowest BCUT2D eigenvalue weighted by Crippen LogP contribution is -2.46. The highest BCUT2D eigenvalue weighted by molar-refractivity contribution is 14.0. The van der Waals surface area contributed by atoms with Crippen LogP contribution in [0.3, 0.4) is 0 Å². The molecule has 2 aliphatic rings. The summed E-state index contributed by atoms with van der Waals surface area (Å²) in [7, 11) is 1.80. The second kappa shape index (κ2) is 12.8. The molecule has 0 aromatic rings. The van der Waals surface area contributed by atoms with E-state index in [1.165, 1.54) is 12.8 Å². The summed E-state index contributed by atoms with van der Waals surface area (Å²) in [5.41, 5.74) is 0. The maximum atomic E-state index is 12.6. The summed E-state index contributed by atoms with van der Waals surface area (Å²) in [6.07, 6.45) is 6.80. The lowest BCUT2D eigenvalue weighted by atomic mass is 10.0. The van der Waals surface area contributed by atoms with Gasteiger partial charge >= 0.3 is 0 Å². The summed E-state index contributed by atoms with van der Waals surface area (Å²) in [5.74, 6) is 1.98. The standard InChI is InChI=1S/C20H38N4O2.HI/c1-5-26-18(15(2)3)10-12-22-20(21-4)23-17-11-13-24(14-17)19(25)16-8-6-7-9-16;/h15-18H,5-14H2,1-4H3,(H2,21,22,23);1H. The molecule has 2 rings (SSSR count). The summed E-state index contributed by atoms with van der Waals surface area (Å²) < 4.78 is 5.80. The van der Waals surface area contributed by atoms with E-state index in [0.717, 1.165) is 57.9 Å². The average Bonchev–Trinajstić information content (AvgIpc) is 3.31. The highest BCUT2D eigenvalue weighted by Crippen LogP contribution is 2.27. The van der Waals surface area contributed by atoms with Crippen LogP contribution in [0.4, 0.5) is 0 Å². The summed E-state index contributed by atoms with van der Waals surface area (Å²) >= 11 is 0. The minimum Gasteiger partial charge on any atom is -0.378 e. The van der Waals surface area contributed by atoms with Crippen molar-refractivity contribution in [2.24, 2.45) is 16.8 Å². The van der Waals surface area contributed by atoms with Crippen molar-refractivity contribution in [3.63, 3.8) is 0 Å². The molecule has 2 atom stereocenters. The first kappa shape index (κ1) is 24.5. The molecule has 7 heteroatoms. The fourth-order valence-corrected chi connectivity index (χ4v) is 4.05. The lowest BCUT2D eigenvalue weighted by Gasteiger charge is -2.23. The Kier molecular flexibility index (Phi) is 11.6.